The van der Waals surface area contributed by atoms with E-state index in [0.717, 1.165) is 0 Å². The van der Waals surface area contributed by atoms with Crippen LogP contribution in [0.4, 0.5) is 11.8 Å². The molecule has 4 N–H and O–H groups in total. The average molecular weight is 400 g/mol. The molecule has 29 heavy (non-hydrogen) atoms. The number of aromatic hydroxyl groups is 1. The van der Waals surface area contributed by atoms with Crippen molar-refractivity contribution in [3.05, 3.63) is 30.1 Å². The van der Waals surface area contributed by atoms with Crippen molar-refractivity contribution in [1.82, 2.24) is 19.5 Å². The maximum absolute atomic E-state index is 10.4. The van der Waals surface area contributed by atoms with E-state index in [4.69, 9.17) is 4.74 Å². The van der Waals surface area contributed by atoms with Crippen LogP contribution in [-0.2, 0) is 13.6 Å². The third-order valence-electron chi connectivity index (χ3n) is 4.86. The van der Waals surface area contributed by atoms with Gasteiger partial charge in [-0.05, 0) is 38.5 Å². The quantitative estimate of drug-likeness (QED) is 0.456. The maximum atomic E-state index is 10.4. The van der Waals surface area contributed by atoms with Gasteiger partial charge in [-0.2, -0.15) is 9.97 Å². The van der Waals surface area contributed by atoms with Crippen molar-refractivity contribution < 1.29 is 14.9 Å². The van der Waals surface area contributed by atoms with Crippen molar-refractivity contribution >= 4 is 22.9 Å². The molecule has 0 radical (unpaired) electrons. The highest BCUT2D eigenvalue weighted by Crippen LogP contribution is 2.26. The molecule has 1 aromatic carbocycles. The van der Waals surface area contributed by atoms with Gasteiger partial charge in [-0.25, -0.2) is 4.98 Å². The molecule has 3 aromatic rings. The van der Waals surface area contributed by atoms with Crippen molar-refractivity contribution in [2.24, 2.45) is 7.05 Å². The molecule has 9 heteroatoms. The van der Waals surface area contributed by atoms with Crippen molar-refractivity contribution in [1.29, 1.82) is 0 Å². The first kappa shape index (κ1) is 20.7. The summed E-state index contributed by atoms with van der Waals surface area (Å²) in [4.78, 5) is 13.5. The van der Waals surface area contributed by atoms with Crippen LogP contribution in [0.15, 0.2) is 24.5 Å². The lowest BCUT2D eigenvalue weighted by Gasteiger charge is -2.29. The molecular formula is C20H28N6O3. The fraction of sp³-hybridized carbons (Fsp3) is 0.450. The summed E-state index contributed by atoms with van der Waals surface area (Å²) in [6.07, 6.45) is 2.38. The molecule has 0 spiro atoms. The number of hydrogen-bond acceptors (Lipinski definition) is 8. The molecule has 1 unspecified atom stereocenters. The van der Waals surface area contributed by atoms with Gasteiger partial charge in [0.2, 0.25) is 5.95 Å². The van der Waals surface area contributed by atoms with Crippen LogP contribution in [0.25, 0.3) is 11.2 Å². The van der Waals surface area contributed by atoms with Gasteiger partial charge in [0, 0.05) is 19.2 Å². The zero-order valence-corrected chi connectivity index (χ0v) is 17.4. The van der Waals surface area contributed by atoms with Gasteiger partial charge in [0.15, 0.2) is 17.0 Å². The Morgan fingerprint density at radius 2 is 2.03 bits per heavy atom. The molecule has 2 heterocycles. The SMILES string of the molecule is CCC(Nc1nc(NCc2cc(OC)ccc2O)c2ncn(C)c2n1)C(C)(C)O. The minimum atomic E-state index is -0.931. The third kappa shape index (κ3) is 4.51. The summed E-state index contributed by atoms with van der Waals surface area (Å²) in [6.45, 7) is 5.82. The highest BCUT2D eigenvalue weighted by atomic mass is 16.5. The van der Waals surface area contributed by atoms with Gasteiger partial charge >= 0.3 is 0 Å². The predicted octanol–water partition coefficient (Wildman–Crippen LogP) is 2.65. The summed E-state index contributed by atoms with van der Waals surface area (Å²) < 4.78 is 7.04. The normalized spacial score (nSPS) is 12.8. The number of aliphatic hydroxyl groups is 1. The molecule has 0 bridgehead atoms. The first-order chi connectivity index (χ1) is 13.7. The van der Waals surface area contributed by atoms with E-state index in [0.29, 0.717) is 47.2 Å². The van der Waals surface area contributed by atoms with Crippen LogP contribution < -0.4 is 15.4 Å². The Morgan fingerprint density at radius 1 is 1.28 bits per heavy atom. The number of nitrogens with zero attached hydrogens (tertiary/aromatic N) is 4. The molecule has 0 saturated carbocycles. The monoisotopic (exact) mass is 400 g/mol. The molecule has 156 valence electrons. The van der Waals surface area contributed by atoms with E-state index in [-0.39, 0.29) is 11.8 Å². The summed E-state index contributed by atoms with van der Waals surface area (Å²) in [5, 5.41) is 27.0. The molecule has 3 rings (SSSR count). The van der Waals surface area contributed by atoms with Gasteiger partial charge in [-0.1, -0.05) is 6.92 Å². The number of anilines is 2. The predicted molar refractivity (Wildman–Crippen MR) is 112 cm³/mol. The van der Waals surface area contributed by atoms with Gasteiger partial charge in [0.05, 0.1) is 25.1 Å². The lowest BCUT2D eigenvalue weighted by atomic mass is 9.97. The number of nitrogens with one attached hydrogen (secondary N) is 2. The van der Waals surface area contributed by atoms with E-state index < -0.39 is 5.60 Å². The van der Waals surface area contributed by atoms with E-state index in [1.807, 2.05) is 14.0 Å². The average Bonchev–Trinajstić information content (AvgIpc) is 3.05. The highest BCUT2D eigenvalue weighted by molar-refractivity contribution is 5.84. The van der Waals surface area contributed by atoms with E-state index in [1.54, 1.807) is 50.1 Å². The van der Waals surface area contributed by atoms with Crippen molar-refractivity contribution in [3.8, 4) is 11.5 Å². The fourth-order valence-corrected chi connectivity index (χ4v) is 3.14. The van der Waals surface area contributed by atoms with E-state index >= 15 is 0 Å². The first-order valence-electron chi connectivity index (χ1n) is 9.50. The Balaban J connectivity index is 1.93. The Labute approximate surface area is 169 Å². The lowest BCUT2D eigenvalue weighted by molar-refractivity contribution is 0.0577. The zero-order valence-electron chi connectivity index (χ0n) is 17.4. The Kier molecular flexibility index (Phi) is 5.78. The number of aryl methyl sites for hydroxylation is 1. The van der Waals surface area contributed by atoms with Gasteiger partial charge in [0.1, 0.15) is 11.5 Å². The van der Waals surface area contributed by atoms with Crippen LogP contribution in [0.2, 0.25) is 0 Å². The van der Waals surface area contributed by atoms with Crippen LogP contribution in [0.5, 0.6) is 11.5 Å². The summed E-state index contributed by atoms with van der Waals surface area (Å²) >= 11 is 0. The summed E-state index contributed by atoms with van der Waals surface area (Å²) in [7, 11) is 3.44. The fourth-order valence-electron chi connectivity index (χ4n) is 3.14. The first-order valence-corrected chi connectivity index (χ1v) is 9.50. The largest absolute Gasteiger partial charge is 0.508 e. The van der Waals surface area contributed by atoms with Crippen molar-refractivity contribution in [2.75, 3.05) is 17.7 Å². The number of hydrogen-bond donors (Lipinski definition) is 4. The Morgan fingerprint density at radius 3 is 2.69 bits per heavy atom. The summed E-state index contributed by atoms with van der Waals surface area (Å²) in [6, 6.07) is 4.83. The Hall–Kier alpha value is -3.07. The van der Waals surface area contributed by atoms with Gasteiger partial charge in [0.25, 0.3) is 0 Å². The second kappa shape index (κ2) is 8.12. The standard InChI is InChI=1S/C20H28N6O3/c1-6-15(20(2,3)28)23-19-24-17(16-18(25-19)26(4)11-22-16)21-10-12-9-13(29-5)7-8-14(12)27/h7-9,11,15,27-28H,6,10H2,1-5H3,(H2,21,23,24,25). The molecule has 0 aliphatic rings. The van der Waals surface area contributed by atoms with Crippen molar-refractivity contribution in [2.45, 2.75) is 45.4 Å². The van der Waals surface area contributed by atoms with Crippen LogP contribution in [-0.4, -0.2) is 48.5 Å². The number of fused-ring (bicyclic) bond motifs is 1. The number of phenolic OH excluding ortho intramolecular Hbond substituents is 1. The third-order valence-corrected chi connectivity index (χ3v) is 4.86. The number of imidazole rings is 1. The van der Waals surface area contributed by atoms with E-state index in [9.17, 15) is 10.2 Å². The molecule has 0 aliphatic heterocycles. The molecule has 0 aliphatic carbocycles. The van der Waals surface area contributed by atoms with Gasteiger partial charge in [-0.3, -0.25) is 0 Å². The lowest BCUT2D eigenvalue weighted by Crippen LogP contribution is -2.41. The van der Waals surface area contributed by atoms with Gasteiger partial charge in [-0.15, -0.1) is 0 Å². The Bertz CT molecular complexity index is 996. The molecule has 0 fully saturated rings. The topological polar surface area (TPSA) is 117 Å². The van der Waals surface area contributed by atoms with Crippen LogP contribution in [0.3, 0.4) is 0 Å². The van der Waals surface area contributed by atoms with Crippen molar-refractivity contribution in [3.63, 3.8) is 0 Å². The van der Waals surface area contributed by atoms with Crippen LogP contribution in [0.1, 0.15) is 32.8 Å². The number of methoxy groups -OCH3 is 1. The summed E-state index contributed by atoms with van der Waals surface area (Å²) in [5.74, 6) is 1.75. The molecule has 9 nitrogen and oxygen atoms in total. The molecule has 0 saturated heterocycles. The molecule has 0 amide bonds. The number of ether oxygens (including phenoxy) is 1. The smallest absolute Gasteiger partial charge is 0.227 e. The van der Waals surface area contributed by atoms with Gasteiger partial charge < -0.3 is 30.2 Å². The highest BCUT2D eigenvalue weighted by Gasteiger charge is 2.26. The van der Waals surface area contributed by atoms with Crippen LogP contribution in [0, 0.1) is 0 Å². The summed E-state index contributed by atoms with van der Waals surface area (Å²) in [5.41, 5.74) is 1.02. The maximum Gasteiger partial charge on any atom is 0.227 e. The van der Waals surface area contributed by atoms with Crippen LogP contribution >= 0.6 is 0 Å². The number of rotatable bonds is 8. The molecule has 2 aromatic heterocycles. The van der Waals surface area contributed by atoms with E-state index in [1.165, 1.54) is 0 Å². The second-order valence-electron chi connectivity index (χ2n) is 7.53. The number of benzene rings is 1. The number of aromatic nitrogens is 4. The van der Waals surface area contributed by atoms with E-state index in [2.05, 4.69) is 25.6 Å². The zero-order chi connectivity index (χ0) is 21.2. The molecule has 1 atom stereocenters. The molecular weight excluding hydrogens is 372 g/mol. The second-order valence-corrected chi connectivity index (χ2v) is 7.53. The minimum absolute atomic E-state index is 0.163. The minimum Gasteiger partial charge on any atom is -0.508 e. The number of phenols is 1.